The Morgan fingerprint density at radius 2 is 1.37 bits per heavy atom. The summed E-state index contributed by atoms with van der Waals surface area (Å²) in [5, 5.41) is 42.3. The number of aromatic nitrogens is 1. The molecule has 1 heterocycles. The monoisotopic (exact) mass is 273 g/mol. The second kappa shape index (κ2) is 4.55. The fourth-order valence-electron chi connectivity index (χ4n) is 1.17. The third kappa shape index (κ3) is 1.99. The molecular weight excluding hydrogens is 270 g/mol. The summed E-state index contributed by atoms with van der Waals surface area (Å²) in [4.78, 5) is 39.3. The normalized spacial score (nSPS) is 10.7. The number of nitro groups is 4. The molecule has 0 fully saturated rings. The molecule has 1 aromatic heterocycles. The largest absolute Gasteiger partial charge is 0.745 e. The Hall–Kier alpha value is -3.25. The van der Waals surface area contributed by atoms with Gasteiger partial charge in [0.1, 0.15) is 6.20 Å². The molecule has 0 bridgehead atoms. The lowest BCUT2D eigenvalue weighted by Crippen LogP contribution is -2.50. The van der Waals surface area contributed by atoms with Crippen molar-refractivity contribution in [3.63, 3.8) is 0 Å². The summed E-state index contributed by atoms with van der Waals surface area (Å²) in [5.74, 6) is -3.89. The summed E-state index contributed by atoms with van der Waals surface area (Å²) in [7, 11) is 0. The number of nitrogens with zero attached hydrogens (tertiary/aromatic N) is 5. The van der Waals surface area contributed by atoms with Crippen LogP contribution >= 0.6 is 0 Å². The van der Waals surface area contributed by atoms with Crippen LogP contribution in [0.2, 0.25) is 0 Å². The highest BCUT2D eigenvalue weighted by atomic mass is 16.7. The Morgan fingerprint density at radius 3 is 1.63 bits per heavy atom. The molecule has 0 aromatic carbocycles. The number of hydrogen-bond donors (Lipinski definition) is 0. The van der Waals surface area contributed by atoms with Crippen LogP contribution in [0.15, 0.2) is 18.3 Å². The molecule has 0 saturated carbocycles. The Bertz CT molecular complexity index is 531. The van der Waals surface area contributed by atoms with Gasteiger partial charge in [0.25, 0.3) is 11.4 Å². The average Bonchev–Trinajstić information content (AvgIpc) is 2.28. The van der Waals surface area contributed by atoms with Crippen molar-refractivity contribution in [2.24, 2.45) is 0 Å². The van der Waals surface area contributed by atoms with E-state index in [1.807, 2.05) is 0 Å². The zero-order chi connectivity index (χ0) is 14.8. The minimum Gasteiger partial charge on any atom is -0.258 e. The highest BCUT2D eigenvalue weighted by molar-refractivity contribution is 5.27. The van der Waals surface area contributed by atoms with Gasteiger partial charge in [0.2, 0.25) is 0 Å². The molecule has 0 radical (unpaired) electrons. The van der Waals surface area contributed by atoms with Gasteiger partial charge in [-0.1, -0.05) is 0 Å². The summed E-state index contributed by atoms with van der Waals surface area (Å²) in [6, 6.07) is 1.14. The molecular formula is C6H3N5O8. The van der Waals surface area contributed by atoms with Crippen molar-refractivity contribution < 1.29 is 19.7 Å². The lowest BCUT2D eigenvalue weighted by Gasteiger charge is -2.07. The van der Waals surface area contributed by atoms with E-state index in [9.17, 15) is 40.5 Å². The molecule has 1 aromatic rings. The molecule has 13 nitrogen and oxygen atoms in total. The van der Waals surface area contributed by atoms with Crippen molar-refractivity contribution in [2.75, 3.05) is 0 Å². The standard InChI is InChI=1S/C6H3N5O8/c12-8(13)4-1-2-5(7-3-4)6(9(14)15,10(16)17)11(18)19/h1-3H. The van der Waals surface area contributed by atoms with Gasteiger partial charge in [0, 0.05) is 6.07 Å². The molecule has 0 spiro atoms. The van der Waals surface area contributed by atoms with Crippen LogP contribution < -0.4 is 0 Å². The van der Waals surface area contributed by atoms with E-state index in [0.717, 1.165) is 0 Å². The first kappa shape index (κ1) is 13.8. The number of hydrogen-bond acceptors (Lipinski definition) is 9. The lowest BCUT2D eigenvalue weighted by atomic mass is 10.2. The summed E-state index contributed by atoms with van der Waals surface area (Å²) < 4.78 is 0. The van der Waals surface area contributed by atoms with E-state index in [0.29, 0.717) is 18.3 Å². The number of pyridine rings is 1. The first-order valence-corrected chi connectivity index (χ1v) is 4.29. The van der Waals surface area contributed by atoms with Crippen LogP contribution in [0.3, 0.4) is 0 Å². The molecule has 0 atom stereocenters. The Kier molecular flexibility index (Phi) is 3.31. The van der Waals surface area contributed by atoms with Crippen LogP contribution in [0.4, 0.5) is 5.69 Å². The van der Waals surface area contributed by atoms with Gasteiger partial charge in [-0.2, -0.15) is 0 Å². The molecule has 100 valence electrons. The van der Waals surface area contributed by atoms with Crippen LogP contribution in [0.25, 0.3) is 0 Å². The SMILES string of the molecule is O=[N+]([O-])c1ccc(C([N+](=O)[O-])([N+](=O)[O-])[N+](=O)[O-])nc1. The maximum absolute atomic E-state index is 10.7. The molecule has 13 heteroatoms. The average molecular weight is 273 g/mol. The molecule has 0 unspecified atom stereocenters. The maximum atomic E-state index is 10.7. The van der Waals surface area contributed by atoms with E-state index >= 15 is 0 Å². The summed E-state index contributed by atoms with van der Waals surface area (Å²) >= 11 is 0. The Balaban J connectivity index is 3.50. The molecule has 1 rings (SSSR count). The van der Waals surface area contributed by atoms with Crippen molar-refractivity contribution in [3.8, 4) is 0 Å². The van der Waals surface area contributed by atoms with E-state index in [-0.39, 0.29) is 0 Å². The summed E-state index contributed by atoms with van der Waals surface area (Å²) in [6.07, 6.45) is 0.459. The fraction of sp³-hybridized carbons (Fsp3) is 0.167. The van der Waals surface area contributed by atoms with Crippen molar-refractivity contribution in [2.45, 2.75) is 5.79 Å². The minimum atomic E-state index is -3.89. The molecule has 0 amide bonds. The second-order valence-corrected chi connectivity index (χ2v) is 3.07. The van der Waals surface area contributed by atoms with Crippen molar-refractivity contribution in [3.05, 3.63) is 64.5 Å². The van der Waals surface area contributed by atoms with Gasteiger partial charge in [0.05, 0.1) is 4.92 Å². The van der Waals surface area contributed by atoms with Crippen LogP contribution in [-0.4, -0.2) is 24.7 Å². The topological polar surface area (TPSA) is 185 Å². The Labute approximate surface area is 102 Å². The van der Waals surface area contributed by atoms with Gasteiger partial charge >= 0.3 is 5.79 Å². The molecule has 0 aliphatic heterocycles. The quantitative estimate of drug-likeness (QED) is 0.401. The second-order valence-electron chi connectivity index (χ2n) is 3.07. The van der Waals surface area contributed by atoms with Gasteiger partial charge in [-0.15, -0.1) is 0 Å². The van der Waals surface area contributed by atoms with E-state index in [1.54, 1.807) is 0 Å². The van der Waals surface area contributed by atoms with Crippen LogP contribution in [-0.2, 0) is 5.79 Å². The van der Waals surface area contributed by atoms with Gasteiger partial charge in [0.15, 0.2) is 14.8 Å². The fourth-order valence-corrected chi connectivity index (χ4v) is 1.17. The maximum Gasteiger partial charge on any atom is 0.745 e. The van der Waals surface area contributed by atoms with Crippen molar-refractivity contribution in [1.29, 1.82) is 0 Å². The third-order valence-electron chi connectivity index (χ3n) is 2.07. The number of rotatable bonds is 5. The molecule has 19 heavy (non-hydrogen) atoms. The Morgan fingerprint density at radius 1 is 0.895 bits per heavy atom. The first-order chi connectivity index (χ1) is 8.74. The zero-order valence-electron chi connectivity index (χ0n) is 8.73. The van der Waals surface area contributed by atoms with Gasteiger partial charge in [-0.05, 0) is 6.07 Å². The highest BCUT2D eigenvalue weighted by Crippen LogP contribution is 2.26. The minimum absolute atomic E-state index is 0.459. The zero-order valence-corrected chi connectivity index (χ0v) is 8.73. The van der Waals surface area contributed by atoms with Crippen LogP contribution in [0, 0.1) is 40.5 Å². The lowest BCUT2D eigenvalue weighted by molar-refractivity contribution is -0.986. The highest BCUT2D eigenvalue weighted by Gasteiger charge is 2.74. The first-order valence-electron chi connectivity index (χ1n) is 4.29. The molecule has 0 aliphatic rings. The predicted octanol–water partition coefficient (Wildman–Crippen LogP) is -0.0698. The van der Waals surface area contributed by atoms with E-state index < -0.39 is 36.9 Å². The third-order valence-corrected chi connectivity index (χ3v) is 2.07. The van der Waals surface area contributed by atoms with Gasteiger partial charge < -0.3 is 0 Å². The molecule has 0 aliphatic carbocycles. The predicted molar refractivity (Wildman–Crippen MR) is 53.6 cm³/mol. The van der Waals surface area contributed by atoms with Crippen molar-refractivity contribution >= 4 is 5.69 Å². The van der Waals surface area contributed by atoms with Crippen molar-refractivity contribution in [1.82, 2.24) is 4.98 Å². The molecule has 0 N–H and O–H groups in total. The van der Waals surface area contributed by atoms with Crippen LogP contribution in [0.1, 0.15) is 5.69 Å². The van der Waals surface area contributed by atoms with E-state index in [2.05, 4.69) is 4.98 Å². The van der Waals surface area contributed by atoms with Crippen LogP contribution in [0.5, 0.6) is 0 Å². The molecule has 0 saturated heterocycles. The smallest absolute Gasteiger partial charge is 0.258 e. The summed E-state index contributed by atoms with van der Waals surface area (Å²) in [5.41, 5.74) is -1.76. The van der Waals surface area contributed by atoms with E-state index in [1.165, 1.54) is 0 Å². The van der Waals surface area contributed by atoms with E-state index in [4.69, 9.17) is 0 Å². The summed E-state index contributed by atoms with van der Waals surface area (Å²) in [6.45, 7) is 0. The van der Waals surface area contributed by atoms with Gasteiger partial charge in [-0.25, -0.2) is 4.98 Å². The van der Waals surface area contributed by atoms with Gasteiger partial charge in [-0.3, -0.25) is 40.5 Å².